The van der Waals surface area contributed by atoms with Crippen LogP contribution in [-0.2, 0) is 23.9 Å². The second-order valence-electron chi connectivity index (χ2n) is 18.2. The van der Waals surface area contributed by atoms with Crippen LogP contribution in [0, 0.1) is 38.5 Å². The van der Waals surface area contributed by atoms with Gasteiger partial charge >= 0.3 is 0 Å². The van der Waals surface area contributed by atoms with E-state index in [2.05, 4.69) is 46.9 Å². The molecule has 1 aromatic carbocycles. The van der Waals surface area contributed by atoms with E-state index < -0.39 is 12.0 Å². The quantitative estimate of drug-likeness (QED) is 0.157. The van der Waals surface area contributed by atoms with Gasteiger partial charge in [-0.05, 0) is 89.4 Å². The molecule has 15 nitrogen and oxygen atoms in total. The Kier molecular flexibility index (Phi) is 15.4. The molecule has 3 N–H and O–H groups in total. The number of hydrogen-bond acceptors (Lipinski definition) is 11. The molecule has 1 saturated heterocycles. The number of halogens is 2. The van der Waals surface area contributed by atoms with Gasteiger partial charge < -0.3 is 35.4 Å². The fourth-order valence-corrected chi connectivity index (χ4v) is 11.5. The zero-order chi connectivity index (χ0) is 47.4. The molecule has 5 atom stereocenters. The molecule has 2 fully saturated rings. The Labute approximate surface area is 400 Å². The highest BCUT2D eigenvalue weighted by Gasteiger charge is 2.41. The van der Waals surface area contributed by atoms with Crippen LogP contribution in [0.2, 0.25) is 5.02 Å². The number of fused-ring (bicyclic) bond motifs is 4. The third kappa shape index (κ3) is 10.6. The van der Waals surface area contributed by atoms with E-state index in [9.17, 15) is 23.6 Å². The number of allylic oxidation sites excluding steroid dienone is 2. The van der Waals surface area contributed by atoms with Crippen LogP contribution in [-0.4, -0.2) is 137 Å². The van der Waals surface area contributed by atoms with Crippen LogP contribution in [0.15, 0.2) is 65.1 Å². The number of hydrogen-bond donors (Lipinski definition) is 3. The van der Waals surface area contributed by atoms with Crippen LogP contribution < -0.4 is 16.0 Å². The molecule has 0 spiro atoms. The summed E-state index contributed by atoms with van der Waals surface area (Å²) >= 11 is 7.89. The van der Waals surface area contributed by atoms with Gasteiger partial charge in [-0.1, -0.05) is 49.1 Å². The molecule has 3 aliphatic heterocycles. The molecule has 5 heterocycles. The van der Waals surface area contributed by atoms with Crippen molar-refractivity contribution in [2.45, 2.75) is 84.3 Å². The summed E-state index contributed by atoms with van der Waals surface area (Å²) in [5.41, 5.74) is 4.11. The van der Waals surface area contributed by atoms with Crippen molar-refractivity contribution < 1.29 is 28.3 Å². The van der Waals surface area contributed by atoms with Crippen LogP contribution in [0.3, 0.4) is 0 Å². The lowest BCUT2D eigenvalue weighted by Crippen LogP contribution is -2.56. The van der Waals surface area contributed by atoms with E-state index in [1.807, 2.05) is 47.7 Å². The number of benzene rings is 1. The van der Waals surface area contributed by atoms with E-state index in [1.165, 1.54) is 18.6 Å². The van der Waals surface area contributed by atoms with Gasteiger partial charge in [0, 0.05) is 72.3 Å². The average Bonchev–Trinajstić information content (AvgIpc) is 3.95. The third-order valence-corrected chi connectivity index (χ3v) is 15.4. The second kappa shape index (κ2) is 21.4. The van der Waals surface area contributed by atoms with E-state index in [0.717, 1.165) is 58.0 Å². The summed E-state index contributed by atoms with van der Waals surface area (Å²) < 4.78 is 22.2. The lowest BCUT2D eigenvalue weighted by atomic mass is 9.76. The normalized spacial score (nSPS) is 21.3. The maximum Gasteiger partial charge on any atom is 0.269 e. The number of ether oxygens (including phenoxy) is 1. The number of carbonyl (C=O) groups is 4. The summed E-state index contributed by atoms with van der Waals surface area (Å²) in [4.78, 5) is 66.5. The number of thiophene rings is 1. The summed E-state index contributed by atoms with van der Waals surface area (Å²) in [6, 6.07) is 6.60. The van der Waals surface area contributed by atoms with E-state index >= 15 is 0 Å². The van der Waals surface area contributed by atoms with Crippen molar-refractivity contribution in [1.29, 1.82) is 0 Å². The Balaban J connectivity index is 0.811. The third-order valence-electron chi connectivity index (χ3n) is 13.9. The Morgan fingerprint density at radius 1 is 0.925 bits per heavy atom. The molecule has 18 heteroatoms. The van der Waals surface area contributed by atoms with Gasteiger partial charge in [-0.2, -0.15) is 0 Å². The van der Waals surface area contributed by atoms with Gasteiger partial charge in [0.2, 0.25) is 17.7 Å². The zero-order valence-electron chi connectivity index (χ0n) is 39.0. The highest BCUT2D eigenvalue weighted by Crippen LogP contribution is 2.40. The molecule has 67 heavy (non-hydrogen) atoms. The van der Waals surface area contributed by atoms with Gasteiger partial charge in [-0.15, -0.1) is 21.5 Å². The molecular formula is C49H62ClFN10O5S. The lowest BCUT2D eigenvalue weighted by molar-refractivity contribution is -0.144. The molecule has 5 aliphatic rings. The van der Waals surface area contributed by atoms with Crippen LogP contribution in [0.4, 0.5) is 4.39 Å². The molecule has 8 rings (SSSR count). The van der Waals surface area contributed by atoms with E-state index in [4.69, 9.17) is 21.3 Å². The topological polar surface area (TPSA) is 166 Å². The summed E-state index contributed by atoms with van der Waals surface area (Å²) in [6.07, 6.45) is 12.0. The van der Waals surface area contributed by atoms with Crippen LogP contribution >= 0.6 is 22.9 Å². The van der Waals surface area contributed by atoms with Gasteiger partial charge in [0.15, 0.2) is 5.82 Å². The number of nitrogens with one attached hydrogen (secondary N) is 3. The minimum atomic E-state index is -0.602. The Bertz CT molecular complexity index is 2450. The van der Waals surface area contributed by atoms with Crippen molar-refractivity contribution in [3.63, 3.8) is 0 Å². The van der Waals surface area contributed by atoms with Crippen molar-refractivity contribution in [1.82, 2.24) is 45.4 Å². The SMILES string of the molecule is CN[C@@H](C)[C@H](C(=O)N1CCN(C(=O)C2=CC3C=C(F)C=CC3N2CC(=O)NCCOCCNC(=O)C[C@@H]2N=C(c3ccc(Cl)cc3)c3c(sc(C)c3C)-n3c(C)nnc32)CC1)C1CCCCC1. The maximum absolute atomic E-state index is 14.4. The molecule has 3 aromatic rings. The van der Waals surface area contributed by atoms with Crippen molar-refractivity contribution in [2.24, 2.45) is 22.7 Å². The number of aromatic nitrogens is 3. The average molecular weight is 958 g/mol. The number of carbonyl (C=O) groups excluding carboxylic acids is 4. The first kappa shape index (κ1) is 48.2. The summed E-state index contributed by atoms with van der Waals surface area (Å²) in [5, 5.41) is 19.6. The van der Waals surface area contributed by atoms with Crippen molar-refractivity contribution in [2.75, 3.05) is 66.1 Å². The molecule has 2 aliphatic carbocycles. The predicted octanol–water partition coefficient (Wildman–Crippen LogP) is 5.52. The van der Waals surface area contributed by atoms with Crippen molar-refractivity contribution >= 4 is 52.3 Å². The molecular weight excluding hydrogens is 895 g/mol. The Hall–Kier alpha value is -5.23. The second-order valence-corrected chi connectivity index (χ2v) is 19.8. The Morgan fingerprint density at radius 2 is 1.61 bits per heavy atom. The minimum absolute atomic E-state index is 0.0418. The molecule has 358 valence electrons. The van der Waals surface area contributed by atoms with Crippen molar-refractivity contribution in [3.8, 4) is 5.00 Å². The lowest BCUT2D eigenvalue weighted by Gasteiger charge is -2.41. The van der Waals surface area contributed by atoms with Crippen LogP contribution in [0.25, 0.3) is 5.00 Å². The van der Waals surface area contributed by atoms with Crippen LogP contribution in [0.5, 0.6) is 0 Å². The number of rotatable bonds is 16. The highest BCUT2D eigenvalue weighted by atomic mass is 35.5. The molecule has 0 radical (unpaired) electrons. The van der Waals surface area contributed by atoms with E-state index in [1.54, 1.807) is 33.3 Å². The smallest absolute Gasteiger partial charge is 0.269 e. The molecule has 1 saturated carbocycles. The summed E-state index contributed by atoms with van der Waals surface area (Å²) in [7, 11) is 1.91. The molecule has 0 bridgehead atoms. The number of piperazine rings is 1. The van der Waals surface area contributed by atoms with Gasteiger partial charge in [0.1, 0.15) is 28.4 Å². The number of amides is 4. The molecule has 2 unspecified atom stereocenters. The largest absolute Gasteiger partial charge is 0.378 e. The van der Waals surface area contributed by atoms with Crippen molar-refractivity contribution in [3.05, 3.63) is 98.3 Å². The first-order chi connectivity index (χ1) is 32.3. The summed E-state index contributed by atoms with van der Waals surface area (Å²) in [6.45, 7) is 10.5. The first-order valence-electron chi connectivity index (χ1n) is 23.6. The van der Waals surface area contributed by atoms with Gasteiger partial charge in [0.05, 0.1) is 43.9 Å². The highest BCUT2D eigenvalue weighted by molar-refractivity contribution is 7.15. The van der Waals surface area contributed by atoms with Crippen LogP contribution in [0.1, 0.15) is 84.7 Å². The minimum Gasteiger partial charge on any atom is -0.378 e. The Morgan fingerprint density at radius 3 is 2.31 bits per heavy atom. The monoisotopic (exact) mass is 956 g/mol. The van der Waals surface area contributed by atoms with E-state index in [0.29, 0.717) is 54.5 Å². The number of aliphatic imine (C=N–C) groups is 1. The fourth-order valence-electron chi connectivity index (χ4n) is 10.2. The van der Waals surface area contributed by atoms with Gasteiger partial charge in [0.25, 0.3) is 5.91 Å². The molecule has 2 aromatic heterocycles. The molecule has 4 amide bonds. The predicted molar refractivity (Wildman–Crippen MR) is 257 cm³/mol. The van der Waals surface area contributed by atoms with E-state index in [-0.39, 0.29) is 86.7 Å². The zero-order valence-corrected chi connectivity index (χ0v) is 40.6. The standard InChI is InChI=1S/C49H62ClFN10O5S/c1-29-31(3)67-49-43(29)45(34-11-13-36(50)14-12-34)55-38(46-57-56-32(4)61(46)49)27-41(62)53-17-23-66-24-18-54-42(63)28-60-39-16-15-37(51)25-35(39)26-40(60)47(64)58-19-21-59(22-20-58)48(65)44(30(2)52-5)33-9-7-6-8-10-33/h11-16,25-26,30,33,35,38-39,44,52H,6-10,17-24,27-28H2,1-5H3,(H,53,62)(H,54,63)/t30-,35?,38-,39?,44-/m0/s1. The summed E-state index contributed by atoms with van der Waals surface area (Å²) in [5.74, 6) is 0.146. The first-order valence-corrected chi connectivity index (χ1v) is 24.8. The number of aryl methyl sites for hydroxylation is 2. The van der Waals surface area contributed by atoms with Gasteiger partial charge in [-0.3, -0.25) is 28.7 Å². The fraction of sp³-hybridized carbons (Fsp3) is 0.531. The maximum atomic E-state index is 14.4. The number of nitrogens with zero attached hydrogens (tertiary/aromatic N) is 7. The van der Waals surface area contributed by atoms with Gasteiger partial charge in [-0.25, -0.2) is 4.39 Å².